The second-order valence-electron chi connectivity index (χ2n) is 10.9. The monoisotopic (exact) mass is 638 g/mol. The molecule has 0 atom stereocenters. The number of nitrogens with zero attached hydrogens (tertiary/aromatic N) is 3. The van der Waals surface area contributed by atoms with Crippen LogP contribution in [-0.4, -0.2) is 46.2 Å². The van der Waals surface area contributed by atoms with Crippen LogP contribution in [-0.2, 0) is 43.0 Å². The van der Waals surface area contributed by atoms with Crippen LogP contribution < -0.4 is 9.46 Å². The third kappa shape index (κ3) is 5.44. The summed E-state index contributed by atoms with van der Waals surface area (Å²) < 4.78 is 51.6. The molecule has 5 aromatic rings. The van der Waals surface area contributed by atoms with Crippen molar-refractivity contribution in [1.29, 1.82) is 0 Å². The van der Waals surface area contributed by atoms with E-state index < -0.39 is 16.0 Å². The van der Waals surface area contributed by atoms with Gasteiger partial charge in [-0.3, -0.25) is 4.68 Å². The van der Waals surface area contributed by atoms with E-state index in [-0.39, 0.29) is 36.8 Å². The van der Waals surface area contributed by atoms with Crippen LogP contribution in [0.3, 0.4) is 0 Å². The summed E-state index contributed by atoms with van der Waals surface area (Å²) in [5.74, 6) is -0.968. The number of aromatic nitrogens is 3. The second kappa shape index (κ2) is 11.9. The molecule has 0 spiro atoms. The highest BCUT2D eigenvalue weighted by Crippen LogP contribution is 2.43. The number of ether oxygens (including phenoxy) is 1. The molecule has 0 aliphatic carbocycles. The molecule has 0 fully saturated rings. The van der Waals surface area contributed by atoms with Crippen LogP contribution in [0.2, 0.25) is 5.02 Å². The van der Waals surface area contributed by atoms with Gasteiger partial charge in [-0.15, -0.1) is 0 Å². The number of carboxylic acids is 1. The van der Waals surface area contributed by atoms with Gasteiger partial charge in [0.2, 0.25) is 10.0 Å². The lowest BCUT2D eigenvalue weighted by Gasteiger charge is -2.14. The SMILES string of the molecule is CCc1c2c(nn1C)CNS(=O)(=O)CCCn1c(C(=O)O)c(CCCOc3cccc4cc(F)ccc34)c3ccc(Cl)c-2c31. The van der Waals surface area contributed by atoms with Crippen molar-refractivity contribution in [3.63, 3.8) is 0 Å². The fourth-order valence-electron chi connectivity index (χ4n) is 6.33. The third-order valence-electron chi connectivity index (χ3n) is 8.19. The highest BCUT2D eigenvalue weighted by Gasteiger charge is 2.30. The molecule has 3 aromatic carbocycles. The molecule has 2 N–H and O–H groups in total. The van der Waals surface area contributed by atoms with E-state index in [1.54, 1.807) is 34.5 Å². The first kappa shape index (κ1) is 30.1. The molecule has 2 aromatic heterocycles. The van der Waals surface area contributed by atoms with E-state index in [4.69, 9.17) is 16.3 Å². The topological polar surface area (TPSA) is 115 Å². The van der Waals surface area contributed by atoms with Gasteiger partial charge in [-0.2, -0.15) is 5.10 Å². The van der Waals surface area contributed by atoms with Gasteiger partial charge < -0.3 is 14.4 Å². The molecule has 1 aliphatic heterocycles. The number of carboxylic acid groups (broad SMARTS) is 1. The number of nitrogens with one attached hydrogen (secondary N) is 1. The smallest absolute Gasteiger partial charge is 0.352 e. The maximum Gasteiger partial charge on any atom is 0.352 e. The Bertz CT molecular complexity index is 2040. The van der Waals surface area contributed by atoms with E-state index >= 15 is 0 Å². The molecule has 0 bridgehead atoms. The summed E-state index contributed by atoms with van der Waals surface area (Å²) in [6, 6.07) is 13.6. The summed E-state index contributed by atoms with van der Waals surface area (Å²) in [6.45, 7) is 2.46. The van der Waals surface area contributed by atoms with Gasteiger partial charge in [0.15, 0.2) is 0 Å². The summed E-state index contributed by atoms with van der Waals surface area (Å²) in [5, 5.41) is 17.9. The number of sulfonamides is 1. The predicted molar refractivity (Wildman–Crippen MR) is 168 cm³/mol. The molecule has 0 unspecified atom stereocenters. The molecule has 44 heavy (non-hydrogen) atoms. The first-order valence-corrected chi connectivity index (χ1v) is 16.5. The Morgan fingerprint density at radius 2 is 1.95 bits per heavy atom. The van der Waals surface area contributed by atoms with E-state index in [0.29, 0.717) is 64.5 Å². The zero-order valence-corrected chi connectivity index (χ0v) is 25.9. The van der Waals surface area contributed by atoms with Crippen molar-refractivity contribution in [2.45, 2.75) is 45.7 Å². The van der Waals surface area contributed by atoms with Gasteiger partial charge in [-0.25, -0.2) is 22.3 Å². The van der Waals surface area contributed by atoms with Gasteiger partial charge >= 0.3 is 5.97 Å². The quantitative estimate of drug-likeness (QED) is 0.209. The largest absolute Gasteiger partial charge is 0.493 e. The van der Waals surface area contributed by atoms with Crippen molar-refractivity contribution in [3.05, 3.63) is 82.0 Å². The zero-order chi connectivity index (χ0) is 31.2. The average Bonchev–Trinajstić information content (AvgIpc) is 3.46. The number of halogens is 2. The van der Waals surface area contributed by atoms with Crippen molar-refractivity contribution in [2.75, 3.05) is 12.4 Å². The van der Waals surface area contributed by atoms with Crippen LogP contribution >= 0.6 is 11.6 Å². The summed E-state index contributed by atoms with van der Waals surface area (Å²) >= 11 is 6.91. The first-order chi connectivity index (χ1) is 21.1. The Balaban J connectivity index is 1.45. The van der Waals surface area contributed by atoms with Crippen LogP contribution in [0, 0.1) is 5.82 Å². The highest BCUT2D eigenvalue weighted by molar-refractivity contribution is 7.89. The minimum atomic E-state index is -3.64. The van der Waals surface area contributed by atoms with Crippen LogP contribution in [0.1, 0.15) is 47.2 Å². The molecule has 230 valence electrons. The number of hydrogen-bond donors (Lipinski definition) is 2. The van der Waals surface area contributed by atoms with Gasteiger partial charge in [0.25, 0.3) is 0 Å². The maximum absolute atomic E-state index is 13.7. The van der Waals surface area contributed by atoms with Crippen LogP contribution in [0.25, 0.3) is 32.8 Å². The van der Waals surface area contributed by atoms with Gasteiger partial charge in [0.1, 0.15) is 17.3 Å². The van der Waals surface area contributed by atoms with Gasteiger partial charge in [0.05, 0.1) is 35.1 Å². The van der Waals surface area contributed by atoms with Crippen molar-refractivity contribution in [2.24, 2.45) is 7.05 Å². The first-order valence-electron chi connectivity index (χ1n) is 14.5. The van der Waals surface area contributed by atoms with Crippen molar-refractivity contribution < 1.29 is 27.4 Å². The molecule has 9 nitrogen and oxygen atoms in total. The summed E-state index contributed by atoms with van der Waals surface area (Å²) in [5.41, 5.74) is 4.16. The van der Waals surface area contributed by atoms with E-state index in [2.05, 4.69) is 9.82 Å². The Labute approximate surface area is 259 Å². The molecule has 0 amide bonds. The fourth-order valence-corrected chi connectivity index (χ4v) is 7.59. The van der Waals surface area contributed by atoms with Crippen molar-refractivity contribution in [1.82, 2.24) is 19.1 Å². The highest BCUT2D eigenvalue weighted by atomic mass is 35.5. The summed E-state index contributed by atoms with van der Waals surface area (Å²) in [6.07, 6.45) is 1.72. The predicted octanol–water partition coefficient (Wildman–Crippen LogP) is 6.08. The molecular weight excluding hydrogens is 607 g/mol. The number of carbonyl (C=O) groups is 1. The van der Waals surface area contributed by atoms with E-state index in [1.807, 2.05) is 25.1 Å². The Hall–Kier alpha value is -3.93. The Morgan fingerprint density at radius 1 is 1.16 bits per heavy atom. The number of rotatable bonds is 7. The molecule has 0 radical (unpaired) electrons. The molecule has 6 rings (SSSR count). The third-order valence-corrected chi connectivity index (χ3v) is 9.91. The van der Waals surface area contributed by atoms with Crippen LogP contribution in [0.4, 0.5) is 4.39 Å². The van der Waals surface area contributed by atoms with Gasteiger partial charge in [-0.1, -0.05) is 36.7 Å². The standard InChI is InChI=1S/C32H32ClFN4O5S/c1-3-26-29-25(36-37(26)2)18-35-44(41,42)16-6-14-38-30-23(12-13-24(33)28(29)30)22(31(38)32(39)40)8-5-15-43-27-9-4-7-19-17-20(34)10-11-21(19)27/h4,7,9-13,17,35H,3,5-6,8,14-16,18H2,1-2H3,(H,39,40). The number of fused-ring (bicyclic) bond motifs is 3. The molecular formula is C32H32ClFN4O5S. The molecule has 0 saturated heterocycles. The van der Waals surface area contributed by atoms with E-state index in [1.165, 1.54) is 12.1 Å². The van der Waals surface area contributed by atoms with Gasteiger partial charge in [-0.05, 0) is 67.0 Å². The fraction of sp³-hybridized carbons (Fsp3) is 0.312. The summed E-state index contributed by atoms with van der Waals surface area (Å²) in [4.78, 5) is 12.9. The normalized spacial score (nSPS) is 14.8. The van der Waals surface area contributed by atoms with E-state index in [0.717, 1.165) is 21.9 Å². The lowest BCUT2D eigenvalue weighted by atomic mass is 9.97. The van der Waals surface area contributed by atoms with Crippen LogP contribution in [0.5, 0.6) is 5.75 Å². The molecule has 12 heteroatoms. The van der Waals surface area contributed by atoms with E-state index in [9.17, 15) is 22.7 Å². The van der Waals surface area contributed by atoms with Gasteiger partial charge in [0, 0.05) is 41.2 Å². The maximum atomic E-state index is 13.7. The zero-order valence-electron chi connectivity index (χ0n) is 24.4. The Morgan fingerprint density at radius 3 is 2.73 bits per heavy atom. The van der Waals surface area contributed by atoms with Crippen molar-refractivity contribution in [3.8, 4) is 16.9 Å². The molecule has 0 saturated carbocycles. The number of benzene rings is 3. The second-order valence-corrected chi connectivity index (χ2v) is 13.2. The number of aromatic carboxylic acids is 1. The summed E-state index contributed by atoms with van der Waals surface area (Å²) in [7, 11) is -1.83. The van der Waals surface area contributed by atoms with Crippen molar-refractivity contribution >= 4 is 49.3 Å². The lowest BCUT2D eigenvalue weighted by Crippen LogP contribution is -2.27. The average molecular weight is 639 g/mol. The molecule has 3 heterocycles. The number of aryl methyl sites for hydroxylation is 3. The lowest BCUT2D eigenvalue weighted by molar-refractivity contribution is 0.0684. The molecule has 1 aliphatic rings. The number of hydrogen-bond acceptors (Lipinski definition) is 5. The minimum absolute atomic E-state index is 0.00424. The Kier molecular flexibility index (Phi) is 8.12. The van der Waals surface area contributed by atoms with Crippen LogP contribution in [0.15, 0.2) is 48.5 Å². The minimum Gasteiger partial charge on any atom is -0.493 e.